The van der Waals surface area contributed by atoms with Crippen LogP contribution in [0.5, 0.6) is 5.75 Å². The van der Waals surface area contributed by atoms with Gasteiger partial charge in [0.1, 0.15) is 11.8 Å². The van der Waals surface area contributed by atoms with Gasteiger partial charge in [0.15, 0.2) is 0 Å². The van der Waals surface area contributed by atoms with Gasteiger partial charge in [0, 0.05) is 12.2 Å². The second-order valence-electron chi connectivity index (χ2n) is 7.20. The molecule has 0 fully saturated rings. The van der Waals surface area contributed by atoms with E-state index < -0.39 is 6.04 Å². The number of amides is 1. The molecule has 3 aromatic carbocycles. The fourth-order valence-corrected chi connectivity index (χ4v) is 3.24. The van der Waals surface area contributed by atoms with Crippen LogP contribution in [0, 0.1) is 13.8 Å². The number of carbonyl (C=O) groups is 1. The number of nitrogens with one attached hydrogen (secondary N) is 2. The van der Waals surface area contributed by atoms with Crippen LogP contribution in [0.3, 0.4) is 0 Å². The van der Waals surface area contributed by atoms with Crippen LogP contribution in [-0.4, -0.2) is 19.6 Å². The standard InChI is InChI=1S/C25H28N2O2/c1-18-9-10-19(2)23(17-18)27-25(28)24(21-7-5-4-6-8-21)26-16-15-20-11-13-22(29-3)14-12-20/h4-14,17,24,26H,15-16H2,1-3H3,(H,27,28)/t24-/m0/s1. The van der Waals surface area contributed by atoms with Crippen LogP contribution in [0.1, 0.15) is 28.3 Å². The highest BCUT2D eigenvalue weighted by Gasteiger charge is 2.20. The maximum Gasteiger partial charge on any atom is 0.246 e. The minimum Gasteiger partial charge on any atom is -0.497 e. The number of rotatable bonds is 8. The molecule has 0 aromatic heterocycles. The maximum atomic E-state index is 13.1. The Morgan fingerprint density at radius 3 is 2.38 bits per heavy atom. The van der Waals surface area contributed by atoms with E-state index in [2.05, 4.69) is 10.6 Å². The van der Waals surface area contributed by atoms with Crippen molar-refractivity contribution in [1.82, 2.24) is 5.32 Å². The lowest BCUT2D eigenvalue weighted by Crippen LogP contribution is -2.34. The summed E-state index contributed by atoms with van der Waals surface area (Å²) in [6.45, 7) is 4.71. The topological polar surface area (TPSA) is 50.4 Å². The zero-order valence-electron chi connectivity index (χ0n) is 17.2. The Bertz CT molecular complexity index is 937. The van der Waals surface area contributed by atoms with Gasteiger partial charge >= 0.3 is 0 Å². The summed E-state index contributed by atoms with van der Waals surface area (Å²) in [5.41, 5.74) is 5.17. The van der Waals surface area contributed by atoms with Crippen LogP contribution < -0.4 is 15.4 Å². The summed E-state index contributed by atoms with van der Waals surface area (Å²) >= 11 is 0. The second kappa shape index (κ2) is 9.89. The monoisotopic (exact) mass is 388 g/mol. The average molecular weight is 389 g/mol. The minimum atomic E-state index is -0.422. The van der Waals surface area contributed by atoms with E-state index in [0.717, 1.165) is 34.5 Å². The number of hydrogen-bond acceptors (Lipinski definition) is 3. The molecule has 0 spiro atoms. The molecule has 0 aliphatic heterocycles. The number of carbonyl (C=O) groups excluding carboxylic acids is 1. The zero-order chi connectivity index (χ0) is 20.6. The number of aryl methyl sites for hydroxylation is 2. The first-order valence-electron chi connectivity index (χ1n) is 9.86. The predicted octanol–water partition coefficient (Wildman–Crippen LogP) is 4.82. The third kappa shape index (κ3) is 5.69. The van der Waals surface area contributed by atoms with Gasteiger partial charge in [-0.1, -0.05) is 54.6 Å². The Balaban J connectivity index is 1.70. The number of hydrogen-bond donors (Lipinski definition) is 2. The normalized spacial score (nSPS) is 11.7. The van der Waals surface area contributed by atoms with Crippen molar-refractivity contribution in [2.75, 3.05) is 19.0 Å². The lowest BCUT2D eigenvalue weighted by Gasteiger charge is -2.20. The van der Waals surface area contributed by atoms with E-state index in [9.17, 15) is 4.79 Å². The quantitative estimate of drug-likeness (QED) is 0.581. The summed E-state index contributed by atoms with van der Waals surface area (Å²) in [6, 6.07) is 23.5. The molecule has 4 heteroatoms. The number of ether oxygens (including phenoxy) is 1. The summed E-state index contributed by atoms with van der Waals surface area (Å²) in [6.07, 6.45) is 0.823. The first-order valence-corrected chi connectivity index (χ1v) is 9.86. The molecule has 0 bridgehead atoms. The number of methoxy groups -OCH3 is 1. The summed E-state index contributed by atoms with van der Waals surface area (Å²) in [4.78, 5) is 13.1. The Labute approximate surface area is 172 Å². The number of benzene rings is 3. The summed E-state index contributed by atoms with van der Waals surface area (Å²) in [5, 5.41) is 6.52. The molecule has 0 unspecified atom stereocenters. The Morgan fingerprint density at radius 2 is 1.69 bits per heavy atom. The summed E-state index contributed by atoms with van der Waals surface area (Å²) in [5.74, 6) is 0.788. The fourth-order valence-electron chi connectivity index (χ4n) is 3.24. The highest BCUT2D eigenvalue weighted by Crippen LogP contribution is 2.20. The van der Waals surface area contributed by atoms with Gasteiger partial charge in [-0.2, -0.15) is 0 Å². The molecular weight excluding hydrogens is 360 g/mol. The van der Waals surface area contributed by atoms with E-state index in [1.807, 2.05) is 86.6 Å². The van der Waals surface area contributed by atoms with Gasteiger partial charge < -0.3 is 15.4 Å². The van der Waals surface area contributed by atoms with Crippen LogP contribution in [0.2, 0.25) is 0 Å². The highest BCUT2D eigenvalue weighted by atomic mass is 16.5. The van der Waals surface area contributed by atoms with Crippen molar-refractivity contribution in [1.29, 1.82) is 0 Å². The van der Waals surface area contributed by atoms with Crippen LogP contribution in [0.25, 0.3) is 0 Å². The zero-order valence-corrected chi connectivity index (χ0v) is 17.2. The number of anilines is 1. The predicted molar refractivity (Wildman–Crippen MR) is 118 cm³/mol. The van der Waals surface area contributed by atoms with Gasteiger partial charge in [0.2, 0.25) is 5.91 Å². The molecule has 0 heterocycles. The fraction of sp³-hybridized carbons (Fsp3) is 0.240. The van der Waals surface area contributed by atoms with Crippen LogP contribution in [0.4, 0.5) is 5.69 Å². The summed E-state index contributed by atoms with van der Waals surface area (Å²) < 4.78 is 5.21. The minimum absolute atomic E-state index is 0.0559. The van der Waals surface area contributed by atoms with Crippen LogP contribution in [0.15, 0.2) is 72.8 Å². The first kappa shape index (κ1) is 20.6. The van der Waals surface area contributed by atoms with Gasteiger partial charge in [-0.25, -0.2) is 0 Å². The molecule has 3 aromatic rings. The average Bonchev–Trinajstić information content (AvgIpc) is 2.75. The van der Waals surface area contributed by atoms with Crippen molar-refractivity contribution in [3.63, 3.8) is 0 Å². The molecule has 4 nitrogen and oxygen atoms in total. The molecule has 150 valence electrons. The van der Waals surface area contributed by atoms with Gasteiger partial charge in [-0.15, -0.1) is 0 Å². The Hall–Kier alpha value is -3.11. The van der Waals surface area contributed by atoms with E-state index in [1.54, 1.807) is 7.11 Å². The molecule has 3 rings (SSSR count). The van der Waals surface area contributed by atoms with Crippen molar-refractivity contribution < 1.29 is 9.53 Å². The van der Waals surface area contributed by atoms with Crippen molar-refractivity contribution in [3.05, 3.63) is 95.1 Å². The van der Waals surface area contributed by atoms with E-state index in [1.165, 1.54) is 5.56 Å². The third-order valence-electron chi connectivity index (χ3n) is 4.97. The molecule has 1 atom stereocenters. The summed E-state index contributed by atoms with van der Waals surface area (Å²) in [7, 11) is 1.66. The SMILES string of the molecule is COc1ccc(CCN[C@H](C(=O)Nc2cc(C)ccc2C)c2ccccc2)cc1. The molecule has 2 N–H and O–H groups in total. The second-order valence-corrected chi connectivity index (χ2v) is 7.20. The molecule has 1 amide bonds. The molecular formula is C25H28N2O2. The van der Waals surface area contributed by atoms with Gasteiger partial charge in [0.25, 0.3) is 0 Å². The van der Waals surface area contributed by atoms with E-state index in [0.29, 0.717) is 6.54 Å². The lowest BCUT2D eigenvalue weighted by molar-refractivity contribution is -0.118. The molecule has 29 heavy (non-hydrogen) atoms. The van der Waals surface area contributed by atoms with Gasteiger partial charge in [-0.3, -0.25) is 4.79 Å². The van der Waals surface area contributed by atoms with Crippen molar-refractivity contribution in [2.45, 2.75) is 26.3 Å². The Morgan fingerprint density at radius 1 is 0.966 bits per heavy atom. The molecule has 0 aliphatic carbocycles. The third-order valence-corrected chi connectivity index (χ3v) is 4.97. The first-order chi connectivity index (χ1) is 14.1. The Kier molecular flexibility index (Phi) is 7.04. The maximum absolute atomic E-state index is 13.1. The highest BCUT2D eigenvalue weighted by molar-refractivity contribution is 5.96. The molecule has 0 saturated carbocycles. The van der Waals surface area contributed by atoms with Crippen molar-refractivity contribution in [3.8, 4) is 5.75 Å². The van der Waals surface area contributed by atoms with E-state index in [4.69, 9.17) is 4.74 Å². The largest absolute Gasteiger partial charge is 0.497 e. The molecule has 0 radical (unpaired) electrons. The smallest absolute Gasteiger partial charge is 0.246 e. The van der Waals surface area contributed by atoms with Crippen molar-refractivity contribution >= 4 is 11.6 Å². The van der Waals surface area contributed by atoms with Gasteiger partial charge in [0.05, 0.1) is 7.11 Å². The molecule has 0 saturated heterocycles. The molecule has 0 aliphatic rings. The van der Waals surface area contributed by atoms with Crippen molar-refractivity contribution in [2.24, 2.45) is 0 Å². The van der Waals surface area contributed by atoms with E-state index >= 15 is 0 Å². The van der Waals surface area contributed by atoms with E-state index in [-0.39, 0.29) is 5.91 Å². The van der Waals surface area contributed by atoms with Crippen LogP contribution >= 0.6 is 0 Å². The van der Waals surface area contributed by atoms with Gasteiger partial charge in [-0.05, 0) is 60.7 Å². The van der Waals surface area contributed by atoms with Crippen LogP contribution in [-0.2, 0) is 11.2 Å². The lowest BCUT2D eigenvalue weighted by atomic mass is 10.0.